The molecule has 3 atom stereocenters. The number of aromatic nitrogens is 4. The minimum absolute atomic E-state index is 0.0173. The number of carbonyl (C=O) groups is 1. The third kappa shape index (κ3) is 5.29. The lowest BCUT2D eigenvalue weighted by Gasteiger charge is -2.30. The third-order valence-corrected chi connectivity index (χ3v) is 8.63. The van der Waals surface area contributed by atoms with Gasteiger partial charge in [0.2, 0.25) is 5.91 Å². The Balaban J connectivity index is 1.31. The molecule has 4 aromatic rings. The van der Waals surface area contributed by atoms with E-state index in [1.54, 1.807) is 4.52 Å². The largest absolute Gasteiger partial charge is 0.469 e. The van der Waals surface area contributed by atoms with Crippen molar-refractivity contribution < 1.29 is 9.53 Å². The van der Waals surface area contributed by atoms with Crippen molar-refractivity contribution in [1.29, 1.82) is 0 Å². The highest BCUT2D eigenvalue weighted by Gasteiger charge is 2.38. The van der Waals surface area contributed by atoms with Crippen LogP contribution in [0.25, 0.3) is 28.0 Å². The number of hydrogen-bond donors (Lipinski definition) is 2. The van der Waals surface area contributed by atoms with Crippen molar-refractivity contribution in [1.82, 2.24) is 24.5 Å². The van der Waals surface area contributed by atoms with Gasteiger partial charge in [0.1, 0.15) is 12.4 Å². The molecule has 42 heavy (non-hydrogen) atoms. The smallest absolute Gasteiger partial charge is 0.282 e. The number of nitrogen functional groups attached to an aromatic ring is 1. The van der Waals surface area contributed by atoms with E-state index in [0.717, 1.165) is 71.4 Å². The summed E-state index contributed by atoms with van der Waals surface area (Å²) in [6, 6.07) is 14.5. The molecule has 1 saturated heterocycles. The molecular weight excluding hydrogens is 528 g/mol. The van der Waals surface area contributed by atoms with Gasteiger partial charge in [-0.1, -0.05) is 43.3 Å². The Bertz CT molecular complexity index is 1610. The highest BCUT2D eigenvalue weighted by molar-refractivity contribution is 5.82. The second-order valence-electron chi connectivity index (χ2n) is 11.5. The Morgan fingerprint density at radius 2 is 1.88 bits per heavy atom. The Hall–Kier alpha value is -4.47. The van der Waals surface area contributed by atoms with Crippen molar-refractivity contribution in [3.05, 3.63) is 66.1 Å². The minimum atomic E-state index is -0.0351. The number of carbonyl (C=O) groups excluding carboxylic acids is 1. The fourth-order valence-corrected chi connectivity index (χ4v) is 6.31. The summed E-state index contributed by atoms with van der Waals surface area (Å²) < 4.78 is 6.69. The number of anilines is 1. The molecule has 1 aliphatic carbocycles. The van der Waals surface area contributed by atoms with Crippen LogP contribution in [-0.4, -0.2) is 62.1 Å². The van der Waals surface area contributed by atoms with Crippen LogP contribution in [0.5, 0.6) is 0 Å². The molecule has 0 bridgehead atoms. The summed E-state index contributed by atoms with van der Waals surface area (Å²) in [5.74, 6) is 1.10. The van der Waals surface area contributed by atoms with E-state index in [1.165, 1.54) is 7.11 Å². The maximum Gasteiger partial charge on any atom is 0.282 e. The van der Waals surface area contributed by atoms with Gasteiger partial charge in [0.25, 0.3) is 6.02 Å². The van der Waals surface area contributed by atoms with Gasteiger partial charge in [-0.25, -0.2) is 9.98 Å². The number of amidine groups is 1. The van der Waals surface area contributed by atoms with Gasteiger partial charge in [-0.2, -0.15) is 9.61 Å². The summed E-state index contributed by atoms with van der Waals surface area (Å²) in [6.07, 6.45) is 8.58. The van der Waals surface area contributed by atoms with Crippen molar-refractivity contribution in [3.63, 3.8) is 0 Å². The number of nitrogens with two attached hydrogens (primary N) is 2. The average Bonchev–Trinajstić information content (AvgIpc) is 3.65. The SMILES string of the molecule is COC(N)=NCC(=O)N1C(C)CCC1CC(C)c1nc2c(-c3ccc(-c4ccccc4)nc3)cnn2c(N)c1C1CC1. The monoisotopic (exact) mass is 566 g/mol. The molecule has 6 rings (SSSR count). The second kappa shape index (κ2) is 11.4. The summed E-state index contributed by atoms with van der Waals surface area (Å²) in [6.45, 7) is 4.28. The third-order valence-electron chi connectivity index (χ3n) is 8.63. The highest BCUT2D eigenvalue weighted by atomic mass is 16.5. The van der Waals surface area contributed by atoms with E-state index in [2.05, 4.69) is 42.1 Å². The molecule has 3 unspecified atom stereocenters. The number of ether oxygens (including phenoxy) is 1. The molecule has 10 heteroatoms. The summed E-state index contributed by atoms with van der Waals surface area (Å²) >= 11 is 0. The predicted molar refractivity (Wildman–Crippen MR) is 164 cm³/mol. The molecule has 1 saturated carbocycles. The first-order valence-electron chi connectivity index (χ1n) is 14.7. The van der Waals surface area contributed by atoms with Crippen LogP contribution in [-0.2, 0) is 9.53 Å². The van der Waals surface area contributed by atoms with Crippen LogP contribution in [0.3, 0.4) is 0 Å². The van der Waals surface area contributed by atoms with E-state index >= 15 is 0 Å². The number of fused-ring (bicyclic) bond motifs is 1. The highest BCUT2D eigenvalue weighted by Crippen LogP contribution is 2.47. The van der Waals surface area contributed by atoms with Crippen molar-refractivity contribution in [2.75, 3.05) is 19.4 Å². The standard InChI is InChI=1S/C32H38N8O2/c1-19(15-24-13-9-20(2)39(24)27(41)18-36-32(34)42-3)29-28(22-10-11-22)30(33)40-31(38-29)25(17-37-40)23-12-14-26(35-16-23)21-7-5-4-6-8-21/h4-8,12,14,16-17,19-20,22,24H,9-11,13,15,18,33H2,1-3H3,(H2,34,36). The number of nitrogens with zero attached hydrogens (tertiary/aromatic N) is 6. The van der Waals surface area contributed by atoms with Crippen LogP contribution >= 0.6 is 0 Å². The molecule has 0 radical (unpaired) electrons. The minimum Gasteiger partial charge on any atom is -0.469 e. The van der Waals surface area contributed by atoms with Crippen LogP contribution < -0.4 is 11.5 Å². The molecule has 10 nitrogen and oxygen atoms in total. The van der Waals surface area contributed by atoms with Crippen molar-refractivity contribution in [3.8, 4) is 22.4 Å². The van der Waals surface area contributed by atoms with E-state index in [9.17, 15) is 4.79 Å². The van der Waals surface area contributed by atoms with Gasteiger partial charge in [-0.15, -0.1) is 0 Å². The number of pyridine rings is 1. The lowest BCUT2D eigenvalue weighted by Crippen LogP contribution is -2.42. The van der Waals surface area contributed by atoms with Crippen molar-refractivity contribution in [2.45, 2.75) is 69.9 Å². The van der Waals surface area contributed by atoms with E-state index < -0.39 is 0 Å². The molecule has 3 aromatic heterocycles. The van der Waals surface area contributed by atoms with E-state index in [4.69, 9.17) is 26.2 Å². The fourth-order valence-electron chi connectivity index (χ4n) is 6.31. The number of amides is 1. The Labute approximate surface area is 245 Å². The molecule has 218 valence electrons. The zero-order valence-corrected chi connectivity index (χ0v) is 24.4. The fraction of sp³-hybridized carbons (Fsp3) is 0.406. The summed E-state index contributed by atoms with van der Waals surface area (Å²) in [4.78, 5) is 29.2. The first-order chi connectivity index (χ1) is 20.4. The van der Waals surface area contributed by atoms with Gasteiger partial charge in [0, 0.05) is 46.5 Å². The first-order valence-corrected chi connectivity index (χ1v) is 14.7. The van der Waals surface area contributed by atoms with Crippen LogP contribution in [0, 0.1) is 0 Å². The van der Waals surface area contributed by atoms with Crippen LogP contribution in [0.1, 0.15) is 69.0 Å². The maximum atomic E-state index is 13.2. The maximum absolute atomic E-state index is 13.2. The zero-order valence-electron chi connectivity index (χ0n) is 24.4. The van der Waals surface area contributed by atoms with Gasteiger partial charge in [-0.05, 0) is 51.0 Å². The Kier molecular flexibility index (Phi) is 7.53. The van der Waals surface area contributed by atoms with Gasteiger partial charge >= 0.3 is 0 Å². The lowest BCUT2D eigenvalue weighted by atomic mass is 9.92. The van der Waals surface area contributed by atoms with Crippen molar-refractivity contribution >= 4 is 23.4 Å². The van der Waals surface area contributed by atoms with Gasteiger partial charge < -0.3 is 21.1 Å². The molecule has 1 amide bonds. The van der Waals surface area contributed by atoms with E-state index in [0.29, 0.717) is 11.7 Å². The average molecular weight is 567 g/mol. The van der Waals surface area contributed by atoms with Crippen LogP contribution in [0.2, 0.25) is 0 Å². The molecule has 4 N–H and O–H groups in total. The van der Waals surface area contributed by atoms with Crippen LogP contribution in [0.15, 0.2) is 59.9 Å². The summed E-state index contributed by atoms with van der Waals surface area (Å²) in [5, 5.41) is 4.65. The normalized spacial score (nSPS) is 19.8. The molecule has 4 heterocycles. The first kappa shape index (κ1) is 27.7. The van der Waals surface area contributed by atoms with Gasteiger partial charge in [0.05, 0.1) is 24.7 Å². The number of likely N-dealkylation sites (tertiary alicyclic amines) is 1. The number of aliphatic imine (C=N–C) groups is 1. The van der Waals surface area contributed by atoms with E-state index in [1.807, 2.05) is 41.6 Å². The Morgan fingerprint density at radius 1 is 1.10 bits per heavy atom. The molecule has 1 aliphatic heterocycles. The van der Waals surface area contributed by atoms with Gasteiger partial charge in [-0.3, -0.25) is 9.78 Å². The lowest BCUT2D eigenvalue weighted by molar-refractivity contribution is -0.132. The Morgan fingerprint density at radius 3 is 2.57 bits per heavy atom. The molecule has 2 fully saturated rings. The predicted octanol–water partition coefficient (Wildman–Crippen LogP) is 4.75. The zero-order chi connectivity index (χ0) is 29.4. The van der Waals surface area contributed by atoms with Gasteiger partial charge in [0.15, 0.2) is 5.65 Å². The molecule has 2 aliphatic rings. The topological polar surface area (TPSA) is 137 Å². The second-order valence-corrected chi connectivity index (χ2v) is 11.5. The van der Waals surface area contributed by atoms with Crippen LogP contribution in [0.4, 0.5) is 5.82 Å². The molecule has 1 aromatic carbocycles. The van der Waals surface area contributed by atoms with E-state index in [-0.39, 0.29) is 36.5 Å². The summed E-state index contributed by atoms with van der Waals surface area (Å²) in [7, 11) is 1.45. The number of methoxy groups -OCH3 is 1. The molecule has 0 spiro atoms. The number of benzene rings is 1. The molecular formula is C32H38N8O2. The van der Waals surface area contributed by atoms with Crippen molar-refractivity contribution in [2.24, 2.45) is 10.7 Å². The quantitative estimate of drug-likeness (QED) is 0.232. The number of rotatable bonds is 8. The summed E-state index contributed by atoms with van der Waals surface area (Å²) in [5.41, 5.74) is 19.1. The number of hydrogen-bond acceptors (Lipinski definition) is 7.